The Morgan fingerprint density at radius 2 is 2.07 bits per heavy atom. The van der Waals surface area contributed by atoms with Gasteiger partial charge < -0.3 is 16.4 Å². The molecule has 4 nitrogen and oxygen atoms in total. The lowest BCUT2D eigenvalue weighted by Crippen LogP contribution is -2.20. The molecule has 1 aromatic carbocycles. The van der Waals surface area contributed by atoms with Crippen molar-refractivity contribution in [1.82, 2.24) is 5.32 Å². The van der Waals surface area contributed by atoms with Crippen LogP contribution in [0, 0.1) is 0 Å². The number of anilines is 1. The highest BCUT2D eigenvalue weighted by Gasteiger charge is 2.05. The molecule has 0 saturated carbocycles. The molecular formula is C10H15N3O. The number of primary amides is 1. The predicted octanol–water partition coefficient (Wildman–Crippen LogP) is 0.417. The molecule has 1 rings (SSSR count). The van der Waals surface area contributed by atoms with E-state index in [4.69, 9.17) is 5.73 Å². The number of likely N-dealkylation sites (N-methyl/N-ethyl adjacent to an activating group) is 1. The maximum absolute atomic E-state index is 11.0. The molecule has 0 fully saturated rings. The van der Waals surface area contributed by atoms with Crippen molar-refractivity contribution in [2.45, 2.75) is 0 Å². The van der Waals surface area contributed by atoms with Crippen LogP contribution < -0.4 is 16.4 Å². The number of hydrogen-bond donors (Lipinski definition) is 3. The number of rotatable bonds is 5. The van der Waals surface area contributed by atoms with Crippen LogP contribution in [0.2, 0.25) is 0 Å². The molecule has 0 radical (unpaired) electrons. The molecule has 0 bridgehead atoms. The SMILES string of the molecule is CNCCNc1ccccc1C(N)=O. The molecule has 0 unspecified atom stereocenters. The van der Waals surface area contributed by atoms with Gasteiger partial charge in [0.15, 0.2) is 0 Å². The second kappa shape index (κ2) is 5.24. The molecule has 0 saturated heterocycles. The van der Waals surface area contributed by atoms with Crippen molar-refractivity contribution in [3.8, 4) is 0 Å². The van der Waals surface area contributed by atoms with E-state index in [2.05, 4.69) is 10.6 Å². The number of nitrogens with one attached hydrogen (secondary N) is 2. The lowest BCUT2D eigenvalue weighted by Gasteiger charge is -2.08. The van der Waals surface area contributed by atoms with Gasteiger partial charge in [-0.2, -0.15) is 0 Å². The van der Waals surface area contributed by atoms with Crippen LogP contribution >= 0.6 is 0 Å². The summed E-state index contributed by atoms with van der Waals surface area (Å²) >= 11 is 0. The molecule has 0 spiro atoms. The van der Waals surface area contributed by atoms with E-state index >= 15 is 0 Å². The monoisotopic (exact) mass is 193 g/mol. The maximum atomic E-state index is 11.0. The zero-order valence-corrected chi connectivity index (χ0v) is 8.21. The minimum atomic E-state index is -0.405. The van der Waals surface area contributed by atoms with Crippen LogP contribution in [-0.4, -0.2) is 26.0 Å². The summed E-state index contributed by atoms with van der Waals surface area (Å²) in [5.41, 5.74) is 6.54. The molecule has 0 atom stereocenters. The fraction of sp³-hybridized carbons (Fsp3) is 0.300. The highest BCUT2D eigenvalue weighted by atomic mass is 16.1. The summed E-state index contributed by atoms with van der Waals surface area (Å²) in [5, 5.41) is 6.14. The lowest BCUT2D eigenvalue weighted by molar-refractivity contribution is 0.100. The van der Waals surface area contributed by atoms with E-state index in [1.807, 2.05) is 19.2 Å². The summed E-state index contributed by atoms with van der Waals surface area (Å²) in [6, 6.07) is 7.22. The molecule has 1 amide bonds. The first kappa shape index (κ1) is 10.5. The zero-order chi connectivity index (χ0) is 10.4. The Labute approximate surface area is 83.5 Å². The summed E-state index contributed by atoms with van der Waals surface area (Å²) < 4.78 is 0. The van der Waals surface area contributed by atoms with Crippen LogP contribution in [0.25, 0.3) is 0 Å². The van der Waals surface area contributed by atoms with Crippen molar-refractivity contribution < 1.29 is 4.79 Å². The lowest BCUT2D eigenvalue weighted by atomic mass is 10.1. The van der Waals surface area contributed by atoms with Crippen molar-refractivity contribution in [2.24, 2.45) is 5.73 Å². The normalized spacial score (nSPS) is 9.79. The first-order chi connectivity index (χ1) is 6.75. The van der Waals surface area contributed by atoms with Gasteiger partial charge in [0.25, 0.3) is 5.91 Å². The molecule has 0 heterocycles. The van der Waals surface area contributed by atoms with Gasteiger partial charge in [-0.1, -0.05) is 12.1 Å². The van der Waals surface area contributed by atoms with Crippen molar-refractivity contribution >= 4 is 11.6 Å². The van der Waals surface area contributed by atoms with Gasteiger partial charge in [0.2, 0.25) is 0 Å². The average molecular weight is 193 g/mol. The number of benzene rings is 1. The molecule has 1 aromatic rings. The number of hydrogen-bond acceptors (Lipinski definition) is 3. The molecule has 14 heavy (non-hydrogen) atoms. The van der Waals surface area contributed by atoms with Crippen LogP contribution in [0.5, 0.6) is 0 Å². The van der Waals surface area contributed by atoms with E-state index in [-0.39, 0.29) is 0 Å². The van der Waals surface area contributed by atoms with Crippen molar-refractivity contribution in [2.75, 3.05) is 25.5 Å². The third kappa shape index (κ3) is 2.74. The number of amides is 1. The van der Waals surface area contributed by atoms with E-state index < -0.39 is 5.91 Å². The fourth-order valence-electron chi connectivity index (χ4n) is 1.17. The smallest absolute Gasteiger partial charge is 0.250 e. The molecule has 0 aromatic heterocycles. The second-order valence-electron chi connectivity index (χ2n) is 2.94. The van der Waals surface area contributed by atoms with Gasteiger partial charge in [-0.05, 0) is 19.2 Å². The van der Waals surface area contributed by atoms with Crippen LogP contribution in [0.4, 0.5) is 5.69 Å². The van der Waals surface area contributed by atoms with Crippen molar-refractivity contribution in [3.63, 3.8) is 0 Å². The van der Waals surface area contributed by atoms with E-state index in [1.54, 1.807) is 12.1 Å². The number of nitrogens with two attached hydrogens (primary N) is 1. The van der Waals surface area contributed by atoms with E-state index in [0.29, 0.717) is 5.56 Å². The molecule has 0 aliphatic heterocycles. The van der Waals surface area contributed by atoms with E-state index in [1.165, 1.54) is 0 Å². The Hall–Kier alpha value is -1.55. The third-order valence-electron chi connectivity index (χ3n) is 1.88. The Morgan fingerprint density at radius 1 is 1.36 bits per heavy atom. The largest absolute Gasteiger partial charge is 0.383 e. The van der Waals surface area contributed by atoms with Gasteiger partial charge in [-0.25, -0.2) is 0 Å². The Kier molecular flexibility index (Phi) is 3.94. The quantitative estimate of drug-likeness (QED) is 0.594. The summed E-state index contributed by atoms with van der Waals surface area (Å²) in [5.74, 6) is -0.405. The van der Waals surface area contributed by atoms with Gasteiger partial charge in [0.1, 0.15) is 0 Å². The highest BCUT2D eigenvalue weighted by molar-refractivity contribution is 5.98. The van der Waals surface area contributed by atoms with Crippen LogP contribution in [0.3, 0.4) is 0 Å². The minimum Gasteiger partial charge on any atom is -0.383 e. The topological polar surface area (TPSA) is 67.2 Å². The zero-order valence-electron chi connectivity index (χ0n) is 8.21. The molecule has 0 aliphatic rings. The van der Waals surface area contributed by atoms with Gasteiger partial charge >= 0.3 is 0 Å². The third-order valence-corrected chi connectivity index (χ3v) is 1.88. The van der Waals surface area contributed by atoms with E-state index in [0.717, 1.165) is 18.8 Å². The standard InChI is InChI=1S/C10H15N3O/c1-12-6-7-13-9-5-3-2-4-8(9)10(11)14/h2-5,12-13H,6-7H2,1H3,(H2,11,14). The summed E-state index contributed by atoms with van der Waals surface area (Å²) in [6.45, 7) is 1.61. The van der Waals surface area contributed by atoms with Crippen LogP contribution in [0.1, 0.15) is 10.4 Å². The van der Waals surface area contributed by atoms with Gasteiger partial charge in [0, 0.05) is 18.8 Å². The predicted molar refractivity (Wildman–Crippen MR) is 57.4 cm³/mol. The Balaban J connectivity index is 2.69. The van der Waals surface area contributed by atoms with Crippen molar-refractivity contribution in [1.29, 1.82) is 0 Å². The first-order valence-corrected chi connectivity index (χ1v) is 4.53. The molecule has 4 N–H and O–H groups in total. The Bertz CT molecular complexity index is 312. The van der Waals surface area contributed by atoms with Crippen molar-refractivity contribution in [3.05, 3.63) is 29.8 Å². The highest BCUT2D eigenvalue weighted by Crippen LogP contribution is 2.13. The number of carbonyl (C=O) groups excluding carboxylic acids is 1. The van der Waals surface area contributed by atoms with E-state index in [9.17, 15) is 4.79 Å². The van der Waals surface area contributed by atoms with Gasteiger partial charge in [-0.3, -0.25) is 4.79 Å². The van der Waals surface area contributed by atoms with Crippen LogP contribution in [-0.2, 0) is 0 Å². The molecule has 76 valence electrons. The first-order valence-electron chi connectivity index (χ1n) is 4.53. The molecule has 4 heteroatoms. The molecule has 0 aliphatic carbocycles. The molecular weight excluding hydrogens is 178 g/mol. The summed E-state index contributed by atoms with van der Waals surface area (Å²) in [4.78, 5) is 11.0. The maximum Gasteiger partial charge on any atom is 0.250 e. The summed E-state index contributed by atoms with van der Waals surface area (Å²) in [7, 11) is 1.88. The number of para-hydroxylation sites is 1. The number of carbonyl (C=O) groups is 1. The van der Waals surface area contributed by atoms with Gasteiger partial charge in [0.05, 0.1) is 5.56 Å². The van der Waals surface area contributed by atoms with Gasteiger partial charge in [-0.15, -0.1) is 0 Å². The Morgan fingerprint density at radius 3 is 2.71 bits per heavy atom. The second-order valence-corrected chi connectivity index (χ2v) is 2.94. The van der Waals surface area contributed by atoms with Crippen LogP contribution in [0.15, 0.2) is 24.3 Å². The summed E-state index contributed by atoms with van der Waals surface area (Å²) in [6.07, 6.45) is 0. The minimum absolute atomic E-state index is 0.405. The fourth-order valence-corrected chi connectivity index (χ4v) is 1.17. The average Bonchev–Trinajstić information content (AvgIpc) is 2.19.